The van der Waals surface area contributed by atoms with Gasteiger partial charge in [0, 0.05) is 34.2 Å². The summed E-state index contributed by atoms with van der Waals surface area (Å²) in [6.45, 7) is 10.4. The summed E-state index contributed by atoms with van der Waals surface area (Å²) in [4.78, 5) is 47.9. The van der Waals surface area contributed by atoms with Crippen LogP contribution in [0.2, 0.25) is 5.02 Å². The zero-order chi connectivity index (χ0) is 32.4. The number of carbonyl (C=O) groups is 2. The first-order valence-electron chi connectivity index (χ1n) is 15.7. The summed E-state index contributed by atoms with van der Waals surface area (Å²) < 4.78 is 1.77. The zero-order valence-electron chi connectivity index (χ0n) is 26.5. The first kappa shape index (κ1) is 32.6. The number of carboxylic acids is 1. The highest BCUT2D eigenvalue weighted by atomic mass is 35.5. The van der Waals surface area contributed by atoms with E-state index in [1.165, 1.54) is 11.3 Å². The van der Waals surface area contributed by atoms with E-state index in [1.807, 2.05) is 42.6 Å². The molecule has 1 amide bonds. The molecule has 1 aliphatic heterocycles. The van der Waals surface area contributed by atoms with Crippen molar-refractivity contribution in [3.63, 3.8) is 0 Å². The van der Waals surface area contributed by atoms with Crippen LogP contribution < -0.4 is 5.56 Å². The van der Waals surface area contributed by atoms with Gasteiger partial charge in [-0.05, 0) is 74.3 Å². The lowest BCUT2D eigenvalue weighted by molar-refractivity contribution is -0.143. The van der Waals surface area contributed by atoms with Crippen LogP contribution >= 0.6 is 22.9 Å². The van der Waals surface area contributed by atoms with Crippen molar-refractivity contribution in [2.24, 2.45) is 11.8 Å². The molecule has 2 atom stereocenters. The maximum absolute atomic E-state index is 14.8. The molecular formula is C36H40ClN3O4S. The Labute approximate surface area is 273 Å². The number of carbonyl (C=O) groups excluding carboxylic acids is 1. The smallest absolute Gasteiger partial charge is 0.308 e. The van der Waals surface area contributed by atoms with Gasteiger partial charge in [-0.25, -0.2) is 4.98 Å². The van der Waals surface area contributed by atoms with Crippen molar-refractivity contribution in [3.8, 4) is 27.5 Å². The van der Waals surface area contributed by atoms with Crippen LogP contribution in [-0.2, 0) is 24.1 Å². The van der Waals surface area contributed by atoms with Crippen molar-refractivity contribution >= 4 is 34.8 Å². The lowest BCUT2D eigenvalue weighted by Gasteiger charge is -2.37. The van der Waals surface area contributed by atoms with E-state index in [0.29, 0.717) is 64.6 Å². The second-order valence-corrected chi connectivity index (χ2v) is 13.5. The summed E-state index contributed by atoms with van der Waals surface area (Å²) in [7, 11) is 0. The highest BCUT2D eigenvalue weighted by molar-refractivity contribution is 7.13. The number of aliphatic carboxylic acids is 1. The fourth-order valence-corrected chi connectivity index (χ4v) is 7.18. The summed E-state index contributed by atoms with van der Waals surface area (Å²) in [6, 6.07) is 15.1. The molecule has 1 N–H and O–H groups in total. The highest BCUT2D eigenvalue weighted by Gasteiger charge is 2.35. The number of rotatable bonds is 9. The number of halogens is 1. The minimum atomic E-state index is -0.894. The van der Waals surface area contributed by atoms with Crippen LogP contribution in [0.4, 0.5) is 0 Å². The number of hydrogen-bond donors (Lipinski definition) is 1. The molecule has 0 spiro atoms. The molecule has 7 nitrogen and oxygen atoms in total. The van der Waals surface area contributed by atoms with Crippen LogP contribution in [0.25, 0.3) is 27.5 Å². The molecule has 1 aliphatic rings. The molecule has 2 aromatic heterocycles. The van der Waals surface area contributed by atoms with Gasteiger partial charge in [-0.1, -0.05) is 69.6 Å². The molecule has 3 heterocycles. The maximum atomic E-state index is 14.8. The van der Waals surface area contributed by atoms with Crippen LogP contribution in [0.5, 0.6) is 0 Å². The van der Waals surface area contributed by atoms with Gasteiger partial charge in [-0.15, -0.1) is 11.3 Å². The number of para-hydroxylation sites is 1. The Bertz CT molecular complexity index is 1750. The summed E-state index contributed by atoms with van der Waals surface area (Å²) in [6.07, 6.45) is 3.05. The Morgan fingerprint density at radius 2 is 1.73 bits per heavy atom. The number of aryl methyl sites for hydroxylation is 2. The number of aromatic nitrogens is 2. The normalized spacial score (nSPS) is 16.7. The van der Waals surface area contributed by atoms with E-state index >= 15 is 0 Å². The lowest BCUT2D eigenvalue weighted by atomic mass is 9.91. The fraction of sp³-hybridized carbons (Fsp3) is 0.389. The molecule has 5 rings (SSSR count). The molecule has 0 bridgehead atoms. The van der Waals surface area contributed by atoms with Crippen molar-refractivity contribution < 1.29 is 14.7 Å². The second kappa shape index (κ2) is 13.7. The van der Waals surface area contributed by atoms with Crippen LogP contribution in [-0.4, -0.2) is 44.0 Å². The second-order valence-electron chi connectivity index (χ2n) is 12.3. The lowest BCUT2D eigenvalue weighted by Crippen LogP contribution is -2.48. The molecule has 1 saturated heterocycles. The maximum Gasteiger partial charge on any atom is 0.308 e. The molecule has 9 heteroatoms. The van der Waals surface area contributed by atoms with Crippen molar-refractivity contribution in [2.45, 2.75) is 72.8 Å². The summed E-state index contributed by atoms with van der Waals surface area (Å²) in [5.74, 6) is -1.62. The number of nitrogens with zero attached hydrogens (tertiary/aromatic N) is 3. The number of likely N-dealkylation sites (tertiary alicyclic amines) is 1. The average molecular weight is 646 g/mol. The number of hydrogen-bond acceptors (Lipinski definition) is 5. The van der Waals surface area contributed by atoms with Crippen LogP contribution in [0, 0.1) is 11.8 Å². The van der Waals surface area contributed by atoms with Gasteiger partial charge >= 0.3 is 5.97 Å². The summed E-state index contributed by atoms with van der Waals surface area (Å²) >= 11 is 7.47. The van der Waals surface area contributed by atoms with Crippen LogP contribution in [0.15, 0.2) is 58.7 Å². The Hall–Kier alpha value is -3.75. The van der Waals surface area contributed by atoms with Gasteiger partial charge in [0.1, 0.15) is 5.01 Å². The van der Waals surface area contributed by atoms with Crippen molar-refractivity contribution in [3.05, 3.63) is 91.7 Å². The third kappa shape index (κ3) is 6.63. The molecule has 45 heavy (non-hydrogen) atoms. The number of amides is 1. The molecule has 0 radical (unpaired) electrons. The van der Waals surface area contributed by atoms with Crippen LogP contribution in [0.1, 0.15) is 74.6 Å². The third-order valence-corrected chi connectivity index (χ3v) is 9.82. The molecule has 2 aromatic carbocycles. The minimum absolute atomic E-state index is 0.130. The molecule has 4 aromatic rings. The van der Waals surface area contributed by atoms with E-state index < -0.39 is 11.9 Å². The first-order chi connectivity index (χ1) is 21.5. The fourth-order valence-electron chi connectivity index (χ4n) is 6.21. The Kier molecular flexibility index (Phi) is 9.94. The van der Waals surface area contributed by atoms with Crippen LogP contribution in [0.3, 0.4) is 0 Å². The Morgan fingerprint density at radius 3 is 2.33 bits per heavy atom. The van der Waals surface area contributed by atoms with E-state index in [-0.39, 0.29) is 30.0 Å². The largest absolute Gasteiger partial charge is 0.481 e. The highest BCUT2D eigenvalue weighted by Crippen LogP contribution is 2.33. The van der Waals surface area contributed by atoms with E-state index in [0.717, 1.165) is 22.4 Å². The molecular weight excluding hydrogens is 606 g/mol. The quantitative estimate of drug-likeness (QED) is 0.200. The average Bonchev–Trinajstić information content (AvgIpc) is 3.51. The number of thiazole rings is 1. The number of pyridine rings is 1. The Morgan fingerprint density at radius 1 is 1.07 bits per heavy atom. The minimum Gasteiger partial charge on any atom is -0.481 e. The van der Waals surface area contributed by atoms with Gasteiger partial charge in [0.15, 0.2) is 0 Å². The van der Waals surface area contributed by atoms with Crippen molar-refractivity contribution in [2.75, 3.05) is 6.54 Å². The van der Waals surface area contributed by atoms with Gasteiger partial charge in [-0.3, -0.25) is 19.0 Å². The van der Waals surface area contributed by atoms with E-state index in [1.54, 1.807) is 27.7 Å². The van der Waals surface area contributed by atoms with Gasteiger partial charge in [0.25, 0.3) is 11.5 Å². The van der Waals surface area contributed by atoms with Crippen molar-refractivity contribution in [1.82, 2.24) is 14.5 Å². The standard InChI is InChI=1S/C36H40ClN3O4S/c1-6-23-9-8-10-24(7-2)32(23)40-31(17-21(3)4)28(34(41)39-19-26(36(43)44)12-11-22(39)5)18-29(35(40)42)33-38-30(20-45-33)25-13-15-27(37)16-14-25/h8-10,13-16,18,20-22,26H,6-7,11-12,17,19H2,1-5H3,(H,43,44). The van der Waals surface area contributed by atoms with Gasteiger partial charge in [0.05, 0.1) is 28.4 Å². The number of benzene rings is 2. The predicted molar refractivity (Wildman–Crippen MR) is 182 cm³/mol. The Balaban J connectivity index is 1.80. The van der Waals surface area contributed by atoms with Gasteiger partial charge in [-0.2, -0.15) is 0 Å². The predicted octanol–water partition coefficient (Wildman–Crippen LogP) is 7.93. The molecule has 0 aliphatic carbocycles. The van der Waals surface area contributed by atoms with E-state index in [4.69, 9.17) is 16.6 Å². The number of piperidine rings is 1. The first-order valence-corrected chi connectivity index (χ1v) is 16.9. The topological polar surface area (TPSA) is 92.5 Å². The molecule has 2 unspecified atom stereocenters. The van der Waals surface area contributed by atoms with E-state index in [2.05, 4.69) is 27.7 Å². The van der Waals surface area contributed by atoms with E-state index in [9.17, 15) is 19.5 Å². The SMILES string of the molecule is CCc1cccc(CC)c1-n1c(CC(C)C)c(C(=O)N2CC(C(=O)O)CCC2C)cc(-c2nc(-c3ccc(Cl)cc3)cs2)c1=O. The summed E-state index contributed by atoms with van der Waals surface area (Å²) in [5, 5.41) is 12.9. The van der Waals surface area contributed by atoms with Gasteiger partial charge in [0.2, 0.25) is 0 Å². The summed E-state index contributed by atoms with van der Waals surface area (Å²) in [5.41, 5.74) is 5.67. The zero-order valence-corrected chi connectivity index (χ0v) is 28.0. The van der Waals surface area contributed by atoms with Crippen molar-refractivity contribution in [1.29, 1.82) is 0 Å². The molecule has 1 fully saturated rings. The number of carboxylic acid groups (broad SMARTS) is 1. The molecule has 236 valence electrons. The van der Waals surface area contributed by atoms with Gasteiger partial charge < -0.3 is 10.0 Å². The third-order valence-electron chi connectivity index (χ3n) is 8.69. The molecule has 0 saturated carbocycles. The monoisotopic (exact) mass is 645 g/mol.